The summed E-state index contributed by atoms with van der Waals surface area (Å²) in [6.45, 7) is 1.14. The van der Waals surface area contributed by atoms with E-state index in [-0.39, 0.29) is 11.8 Å². The van der Waals surface area contributed by atoms with Crippen molar-refractivity contribution in [2.75, 3.05) is 18.0 Å². The second kappa shape index (κ2) is 5.07. The molecular weight excluding hydrogens is 257 g/mol. The number of rotatable bonds is 2. The van der Waals surface area contributed by atoms with Gasteiger partial charge in [0.05, 0.1) is 11.4 Å². The molecule has 7 heteroatoms. The van der Waals surface area contributed by atoms with E-state index in [1.165, 1.54) is 6.20 Å². The van der Waals surface area contributed by atoms with Gasteiger partial charge in [-0.3, -0.25) is 5.41 Å². The van der Waals surface area contributed by atoms with Gasteiger partial charge in [-0.05, 0) is 25.0 Å². The average Bonchev–Trinajstić information content (AvgIpc) is 2.38. The van der Waals surface area contributed by atoms with E-state index in [1.54, 1.807) is 4.90 Å². The van der Waals surface area contributed by atoms with Gasteiger partial charge in [-0.1, -0.05) is 0 Å². The lowest BCUT2D eigenvalue weighted by Crippen LogP contribution is -2.38. The number of nitrogens with one attached hydrogen (secondary N) is 1. The number of aromatic nitrogens is 1. The highest BCUT2D eigenvalue weighted by atomic mass is 19.4. The third kappa shape index (κ3) is 3.15. The molecule has 1 aromatic rings. The van der Waals surface area contributed by atoms with Gasteiger partial charge in [-0.25, -0.2) is 4.98 Å². The number of alkyl halides is 3. The zero-order valence-corrected chi connectivity index (χ0v) is 10.2. The third-order valence-electron chi connectivity index (χ3n) is 3.33. The van der Waals surface area contributed by atoms with Crippen LogP contribution in [0.25, 0.3) is 0 Å². The Labute approximate surface area is 108 Å². The topological polar surface area (TPSA) is 66.0 Å². The van der Waals surface area contributed by atoms with Gasteiger partial charge < -0.3 is 10.6 Å². The smallest absolute Gasteiger partial charge is 0.387 e. The number of anilines is 1. The van der Waals surface area contributed by atoms with Crippen LogP contribution in [-0.2, 0) is 6.18 Å². The number of nitrogens with zero attached hydrogens (tertiary/aromatic N) is 2. The first-order valence-corrected chi connectivity index (χ1v) is 6.00. The van der Waals surface area contributed by atoms with Gasteiger partial charge in [0.2, 0.25) is 0 Å². The molecule has 1 fully saturated rings. The van der Waals surface area contributed by atoms with Crippen molar-refractivity contribution in [3.63, 3.8) is 0 Å². The summed E-state index contributed by atoms with van der Waals surface area (Å²) < 4.78 is 37.8. The Balaban J connectivity index is 2.10. The number of hydrogen-bond acceptors (Lipinski definition) is 3. The monoisotopic (exact) mass is 272 g/mol. The van der Waals surface area contributed by atoms with Crippen LogP contribution < -0.4 is 10.6 Å². The summed E-state index contributed by atoms with van der Waals surface area (Å²) in [5.74, 6) is 0.510. The molecular formula is C12H15F3N4. The zero-order chi connectivity index (χ0) is 14.0. The van der Waals surface area contributed by atoms with Crippen molar-refractivity contribution in [3.8, 4) is 0 Å². The Hall–Kier alpha value is -1.79. The fourth-order valence-electron chi connectivity index (χ4n) is 2.19. The fraction of sp³-hybridized carbons (Fsp3) is 0.500. The summed E-state index contributed by atoms with van der Waals surface area (Å²) in [5.41, 5.74) is 4.74. The lowest BCUT2D eigenvalue weighted by molar-refractivity contribution is -0.137. The van der Waals surface area contributed by atoms with E-state index in [1.807, 2.05) is 0 Å². The summed E-state index contributed by atoms with van der Waals surface area (Å²) in [5, 5.41) is 7.37. The molecule has 19 heavy (non-hydrogen) atoms. The van der Waals surface area contributed by atoms with Crippen molar-refractivity contribution in [1.29, 1.82) is 5.41 Å². The summed E-state index contributed by atoms with van der Waals surface area (Å²) in [4.78, 5) is 5.79. The van der Waals surface area contributed by atoms with Crippen LogP contribution in [-0.4, -0.2) is 23.9 Å². The number of pyridine rings is 1. The van der Waals surface area contributed by atoms with Crippen LogP contribution in [0.1, 0.15) is 18.4 Å². The SMILES string of the molecule is N=C(N)C1CCN(c2cc(C(F)(F)F)ccn2)CC1. The molecule has 0 unspecified atom stereocenters. The maximum Gasteiger partial charge on any atom is 0.416 e. The molecule has 2 heterocycles. The van der Waals surface area contributed by atoms with Gasteiger partial charge in [0.25, 0.3) is 0 Å². The molecule has 1 aliphatic rings. The quantitative estimate of drug-likeness (QED) is 0.641. The normalized spacial score (nSPS) is 17.5. The summed E-state index contributed by atoms with van der Waals surface area (Å²) >= 11 is 0. The predicted molar refractivity (Wildman–Crippen MR) is 66.1 cm³/mol. The maximum absolute atomic E-state index is 12.6. The van der Waals surface area contributed by atoms with Crippen molar-refractivity contribution in [1.82, 2.24) is 4.98 Å². The molecule has 0 aliphatic carbocycles. The second-order valence-corrected chi connectivity index (χ2v) is 4.62. The van der Waals surface area contributed by atoms with Gasteiger partial charge >= 0.3 is 6.18 Å². The van der Waals surface area contributed by atoms with E-state index in [2.05, 4.69) is 4.98 Å². The van der Waals surface area contributed by atoms with Crippen molar-refractivity contribution in [3.05, 3.63) is 23.9 Å². The molecule has 104 valence electrons. The Morgan fingerprint density at radius 3 is 2.53 bits per heavy atom. The molecule has 0 spiro atoms. The molecule has 3 N–H and O–H groups in total. The van der Waals surface area contributed by atoms with Crippen molar-refractivity contribution in [2.24, 2.45) is 11.7 Å². The number of nitrogens with two attached hydrogens (primary N) is 1. The predicted octanol–water partition coefficient (Wildman–Crippen LogP) is 2.25. The molecule has 0 atom stereocenters. The van der Waals surface area contributed by atoms with E-state index in [0.717, 1.165) is 12.1 Å². The Morgan fingerprint density at radius 2 is 2.00 bits per heavy atom. The van der Waals surface area contributed by atoms with Crippen LogP contribution in [0.5, 0.6) is 0 Å². The molecule has 1 saturated heterocycles. The fourth-order valence-corrected chi connectivity index (χ4v) is 2.19. The Kier molecular flexibility index (Phi) is 3.64. The van der Waals surface area contributed by atoms with E-state index in [9.17, 15) is 13.2 Å². The lowest BCUT2D eigenvalue weighted by atomic mass is 9.96. The van der Waals surface area contributed by atoms with Crippen LogP contribution >= 0.6 is 0 Å². The first-order chi connectivity index (χ1) is 8.88. The standard InChI is InChI=1S/C12H15F3N4/c13-12(14,15)9-1-4-18-10(7-9)19-5-2-8(3-6-19)11(16)17/h1,4,7-8H,2-3,5-6H2,(H3,16,17). The summed E-state index contributed by atoms with van der Waals surface area (Å²) in [7, 11) is 0. The first-order valence-electron chi connectivity index (χ1n) is 6.00. The van der Waals surface area contributed by atoms with E-state index < -0.39 is 11.7 Å². The van der Waals surface area contributed by atoms with Crippen molar-refractivity contribution >= 4 is 11.7 Å². The van der Waals surface area contributed by atoms with Crippen LogP contribution in [0.2, 0.25) is 0 Å². The van der Waals surface area contributed by atoms with Gasteiger partial charge in [0.1, 0.15) is 5.82 Å². The minimum absolute atomic E-state index is 0.0297. The molecule has 0 saturated carbocycles. The van der Waals surface area contributed by atoms with E-state index in [4.69, 9.17) is 11.1 Å². The molecule has 1 aliphatic heterocycles. The highest BCUT2D eigenvalue weighted by Crippen LogP contribution is 2.31. The Bertz CT molecular complexity index is 464. The zero-order valence-electron chi connectivity index (χ0n) is 10.2. The van der Waals surface area contributed by atoms with Gasteiger partial charge in [0.15, 0.2) is 0 Å². The largest absolute Gasteiger partial charge is 0.416 e. The molecule has 4 nitrogen and oxygen atoms in total. The number of hydrogen-bond donors (Lipinski definition) is 2. The van der Waals surface area contributed by atoms with Crippen molar-refractivity contribution < 1.29 is 13.2 Å². The van der Waals surface area contributed by atoms with E-state index >= 15 is 0 Å². The third-order valence-corrected chi connectivity index (χ3v) is 3.33. The van der Waals surface area contributed by atoms with Crippen molar-refractivity contribution in [2.45, 2.75) is 19.0 Å². The highest BCUT2D eigenvalue weighted by molar-refractivity contribution is 5.79. The first kappa shape index (κ1) is 13.6. The van der Waals surface area contributed by atoms with Crippen LogP contribution in [0.4, 0.5) is 19.0 Å². The number of piperidine rings is 1. The van der Waals surface area contributed by atoms with Gasteiger partial charge in [-0.2, -0.15) is 13.2 Å². The number of halogens is 3. The molecule has 0 radical (unpaired) electrons. The van der Waals surface area contributed by atoms with E-state index in [0.29, 0.717) is 31.7 Å². The van der Waals surface area contributed by atoms with Crippen LogP contribution in [0, 0.1) is 11.3 Å². The lowest BCUT2D eigenvalue weighted by Gasteiger charge is -2.32. The minimum atomic E-state index is -4.35. The second-order valence-electron chi connectivity index (χ2n) is 4.62. The van der Waals surface area contributed by atoms with Crippen LogP contribution in [0.3, 0.4) is 0 Å². The number of amidine groups is 1. The Morgan fingerprint density at radius 1 is 1.37 bits per heavy atom. The molecule has 1 aromatic heterocycles. The molecule has 0 aromatic carbocycles. The highest BCUT2D eigenvalue weighted by Gasteiger charge is 2.31. The summed E-state index contributed by atoms with van der Waals surface area (Å²) in [6, 6.07) is 2.03. The maximum atomic E-state index is 12.6. The average molecular weight is 272 g/mol. The summed E-state index contributed by atoms with van der Waals surface area (Å²) in [6.07, 6.45) is -1.83. The van der Waals surface area contributed by atoms with Gasteiger partial charge in [0, 0.05) is 25.2 Å². The molecule has 0 bridgehead atoms. The van der Waals surface area contributed by atoms with Gasteiger partial charge in [-0.15, -0.1) is 0 Å². The minimum Gasteiger partial charge on any atom is -0.387 e. The van der Waals surface area contributed by atoms with Crippen LogP contribution in [0.15, 0.2) is 18.3 Å². The molecule has 2 rings (SSSR count). The molecule has 0 amide bonds.